The Labute approximate surface area is 69.4 Å². The van der Waals surface area contributed by atoms with Gasteiger partial charge in [-0.15, -0.1) is 0 Å². The van der Waals surface area contributed by atoms with Crippen molar-refractivity contribution in [1.29, 1.82) is 0 Å². The molecule has 0 radical (unpaired) electrons. The molecule has 4 nitrogen and oxygen atoms in total. The average molecular weight is 163 g/mol. The SMILES string of the molecule is C#[N+]c1ccc(C)cc1[N+](=O)[O-]. The number of nitro benzene ring substituents is 1. The molecule has 0 heterocycles. The van der Waals surface area contributed by atoms with Gasteiger partial charge in [-0.2, -0.15) is 0 Å². The molecular formula is C8H7N2O2+. The molecule has 60 valence electrons. The van der Waals surface area contributed by atoms with Gasteiger partial charge >= 0.3 is 11.4 Å². The van der Waals surface area contributed by atoms with Crippen molar-refractivity contribution >= 4 is 11.4 Å². The highest BCUT2D eigenvalue weighted by Crippen LogP contribution is 2.27. The van der Waals surface area contributed by atoms with Crippen LogP contribution in [-0.4, -0.2) is 4.92 Å². The van der Waals surface area contributed by atoms with Gasteiger partial charge in [0.15, 0.2) is 0 Å². The minimum absolute atomic E-state index is 0.0579. The Morgan fingerprint density at radius 1 is 1.58 bits per heavy atom. The molecule has 0 spiro atoms. The van der Waals surface area contributed by atoms with Crippen LogP contribution in [0.2, 0.25) is 0 Å². The zero-order chi connectivity index (χ0) is 9.14. The van der Waals surface area contributed by atoms with Crippen molar-refractivity contribution in [3.8, 4) is 6.57 Å². The largest absolute Gasteiger partial charge is 0.416 e. The van der Waals surface area contributed by atoms with Crippen LogP contribution in [0.1, 0.15) is 5.56 Å². The monoisotopic (exact) mass is 163 g/mol. The summed E-state index contributed by atoms with van der Waals surface area (Å²) in [6, 6.07) is 4.68. The molecule has 0 atom stereocenters. The van der Waals surface area contributed by atoms with Crippen LogP contribution in [0.15, 0.2) is 18.2 Å². The van der Waals surface area contributed by atoms with Gasteiger partial charge in [0.1, 0.15) is 0 Å². The van der Waals surface area contributed by atoms with E-state index >= 15 is 0 Å². The normalized spacial score (nSPS) is 9.00. The zero-order valence-corrected chi connectivity index (χ0v) is 6.52. The second-order valence-electron chi connectivity index (χ2n) is 2.38. The average Bonchev–Trinajstić information content (AvgIpc) is 2.04. The number of hydrogen-bond acceptors (Lipinski definition) is 2. The molecule has 0 aliphatic rings. The molecule has 1 aromatic rings. The molecule has 12 heavy (non-hydrogen) atoms. The second kappa shape index (κ2) is 3.01. The van der Waals surface area contributed by atoms with Gasteiger partial charge in [0.05, 0.1) is 4.92 Å². The summed E-state index contributed by atoms with van der Waals surface area (Å²) in [5.74, 6) is 0. The topological polar surface area (TPSA) is 47.5 Å². The van der Waals surface area contributed by atoms with Crippen LogP contribution in [-0.2, 0) is 0 Å². The minimum Gasteiger partial charge on any atom is -0.258 e. The van der Waals surface area contributed by atoms with E-state index in [4.69, 9.17) is 6.57 Å². The van der Waals surface area contributed by atoms with Crippen molar-refractivity contribution in [3.63, 3.8) is 0 Å². The fourth-order valence-electron chi connectivity index (χ4n) is 0.889. The summed E-state index contributed by atoms with van der Waals surface area (Å²) in [5.41, 5.74) is 0.956. The molecule has 0 unspecified atom stereocenters. The first-order chi connectivity index (χ1) is 5.65. The number of benzene rings is 1. The van der Waals surface area contributed by atoms with Crippen molar-refractivity contribution in [2.45, 2.75) is 6.92 Å². The molecular weight excluding hydrogens is 156 g/mol. The van der Waals surface area contributed by atoms with E-state index in [9.17, 15) is 10.1 Å². The van der Waals surface area contributed by atoms with Gasteiger partial charge in [-0.05, 0) is 17.3 Å². The lowest BCUT2D eigenvalue weighted by Gasteiger charge is -1.89. The van der Waals surface area contributed by atoms with Crippen LogP contribution >= 0.6 is 0 Å². The lowest BCUT2D eigenvalue weighted by atomic mass is 10.2. The van der Waals surface area contributed by atoms with Crippen LogP contribution in [0.3, 0.4) is 0 Å². The lowest BCUT2D eigenvalue weighted by molar-refractivity contribution is -0.383. The number of rotatable bonds is 1. The van der Waals surface area contributed by atoms with E-state index in [1.807, 2.05) is 0 Å². The Morgan fingerprint density at radius 2 is 2.25 bits per heavy atom. The maximum Gasteiger partial charge on any atom is 0.416 e. The second-order valence-corrected chi connectivity index (χ2v) is 2.38. The van der Waals surface area contributed by atoms with Gasteiger partial charge in [-0.1, -0.05) is 6.07 Å². The molecule has 0 amide bonds. The first kappa shape index (κ1) is 8.21. The molecule has 1 rings (SSSR count). The van der Waals surface area contributed by atoms with Crippen molar-refractivity contribution in [1.82, 2.24) is 0 Å². The molecule has 0 N–H and O–H groups in total. The molecule has 4 heteroatoms. The number of aryl methyl sites for hydroxylation is 1. The van der Waals surface area contributed by atoms with Crippen LogP contribution in [0, 0.1) is 23.6 Å². The smallest absolute Gasteiger partial charge is 0.258 e. The fourth-order valence-corrected chi connectivity index (χ4v) is 0.889. The standard InChI is InChI=1S/C8H7N2O2/c1-6-3-4-7(9-2)8(5-6)10(11)12/h2-5H,1H3/q+1. The van der Waals surface area contributed by atoms with E-state index < -0.39 is 4.92 Å². The summed E-state index contributed by atoms with van der Waals surface area (Å²) in [5, 5.41) is 10.4. The Morgan fingerprint density at radius 3 is 2.75 bits per heavy atom. The highest BCUT2D eigenvalue weighted by molar-refractivity contribution is 5.63. The van der Waals surface area contributed by atoms with Crippen molar-refractivity contribution < 1.29 is 4.92 Å². The summed E-state index contributed by atoms with van der Waals surface area (Å²) in [6.45, 7) is 6.73. The highest BCUT2D eigenvalue weighted by Gasteiger charge is 2.20. The molecule has 0 saturated carbocycles. The van der Waals surface area contributed by atoms with Crippen molar-refractivity contribution in [2.75, 3.05) is 0 Å². The highest BCUT2D eigenvalue weighted by atomic mass is 16.6. The van der Waals surface area contributed by atoms with Gasteiger partial charge in [0, 0.05) is 12.1 Å². The van der Waals surface area contributed by atoms with E-state index in [-0.39, 0.29) is 11.4 Å². The molecule has 1 aromatic carbocycles. The Hall–Kier alpha value is -1.89. The molecule has 0 aromatic heterocycles. The summed E-state index contributed by atoms with van der Waals surface area (Å²) < 4.78 is 0. The maximum atomic E-state index is 10.4. The third-order valence-corrected chi connectivity index (χ3v) is 1.47. The first-order valence-electron chi connectivity index (χ1n) is 3.31. The molecule has 0 fully saturated rings. The van der Waals surface area contributed by atoms with Crippen LogP contribution in [0.25, 0.3) is 4.85 Å². The Kier molecular flexibility index (Phi) is 2.06. The van der Waals surface area contributed by atoms with Gasteiger partial charge in [-0.25, -0.2) is 0 Å². The fraction of sp³-hybridized carbons (Fsp3) is 0.125. The van der Waals surface area contributed by atoms with E-state index in [0.29, 0.717) is 0 Å². The predicted molar refractivity (Wildman–Crippen MR) is 45.8 cm³/mol. The summed E-state index contributed by atoms with van der Waals surface area (Å²) in [4.78, 5) is 13.2. The third kappa shape index (κ3) is 1.40. The van der Waals surface area contributed by atoms with Crippen LogP contribution in [0.5, 0.6) is 0 Å². The summed E-state index contributed by atoms with van der Waals surface area (Å²) in [7, 11) is 0. The lowest BCUT2D eigenvalue weighted by Crippen LogP contribution is -1.88. The molecule has 0 aliphatic heterocycles. The van der Waals surface area contributed by atoms with Crippen LogP contribution < -0.4 is 0 Å². The van der Waals surface area contributed by atoms with Crippen molar-refractivity contribution in [3.05, 3.63) is 38.7 Å². The number of hydrogen-bond donors (Lipinski definition) is 0. The number of nitrogens with zero attached hydrogens (tertiary/aromatic N) is 2. The summed E-state index contributed by atoms with van der Waals surface area (Å²) in [6.07, 6.45) is 0. The first-order valence-corrected chi connectivity index (χ1v) is 3.31. The quantitative estimate of drug-likeness (QED) is 0.471. The van der Waals surface area contributed by atoms with E-state index in [2.05, 4.69) is 4.85 Å². The van der Waals surface area contributed by atoms with Gasteiger partial charge < -0.3 is 0 Å². The Bertz CT molecular complexity index is 366. The number of nitro groups is 1. The third-order valence-electron chi connectivity index (χ3n) is 1.47. The molecule has 0 saturated heterocycles. The van der Waals surface area contributed by atoms with Gasteiger partial charge in [-0.3, -0.25) is 10.1 Å². The van der Waals surface area contributed by atoms with Crippen LogP contribution in [0.4, 0.5) is 11.4 Å². The van der Waals surface area contributed by atoms with E-state index in [1.165, 1.54) is 12.1 Å². The van der Waals surface area contributed by atoms with Gasteiger partial charge in [0.25, 0.3) is 6.57 Å². The zero-order valence-electron chi connectivity index (χ0n) is 6.52. The Balaban J connectivity index is 3.34. The molecule has 0 bridgehead atoms. The van der Waals surface area contributed by atoms with Crippen molar-refractivity contribution in [2.24, 2.45) is 0 Å². The van der Waals surface area contributed by atoms with E-state index in [1.54, 1.807) is 13.0 Å². The van der Waals surface area contributed by atoms with Gasteiger partial charge in [0.2, 0.25) is 0 Å². The minimum atomic E-state index is -0.501. The maximum absolute atomic E-state index is 10.4. The predicted octanol–water partition coefficient (Wildman–Crippen LogP) is 2.50. The summed E-state index contributed by atoms with van der Waals surface area (Å²) >= 11 is 0. The van der Waals surface area contributed by atoms with E-state index in [0.717, 1.165) is 5.56 Å². The molecule has 0 aliphatic carbocycles.